The SMILES string of the molecule is CC(N)S(=O)(=O)O.Cc1ncc(C(C)N)n1C. The van der Waals surface area contributed by atoms with Crippen LogP contribution in [0.3, 0.4) is 0 Å². The summed E-state index contributed by atoms with van der Waals surface area (Å²) in [6, 6.07) is 0.0752. The summed E-state index contributed by atoms with van der Waals surface area (Å²) in [6.07, 6.45) is 1.82. The van der Waals surface area contributed by atoms with Gasteiger partial charge in [0.15, 0.2) is 0 Å². The van der Waals surface area contributed by atoms with Crippen molar-refractivity contribution >= 4 is 10.1 Å². The van der Waals surface area contributed by atoms with E-state index >= 15 is 0 Å². The highest BCUT2D eigenvalue weighted by Crippen LogP contribution is 2.08. The molecule has 0 aliphatic rings. The predicted molar refractivity (Wildman–Crippen MR) is 65.7 cm³/mol. The largest absolute Gasteiger partial charge is 0.334 e. The monoisotopic (exact) mass is 264 g/mol. The summed E-state index contributed by atoms with van der Waals surface area (Å²) >= 11 is 0. The lowest BCUT2D eigenvalue weighted by Gasteiger charge is -2.05. The Bertz CT molecular complexity index is 451. The number of imidazole rings is 1. The molecule has 2 unspecified atom stereocenters. The van der Waals surface area contributed by atoms with Crippen LogP contribution in [0.2, 0.25) is 0 Å². The van der Waals surface area contributed by atoms with Crippen molar-refractivity contribution in [2.75, 3.05) is 0 Å². The standard InChI is InChI=1S/C7H13N3.C2H7NO3S/c1-5(8)7-4-9-6(2)10(7)3;1-2(3)7(4,5)6/h4-5H,8H2,1-3H3;2H,3H2,1H3,(H,4,5,6). The van der Waals surface area contributed by atoms with Gasteiger partial charge in [-0.3, -0.25) is 4.55 Å². The van der Waals surface area contributed by atoms with Gasteiger partial charge in [0.05, 0.1) is 11.9 Å². The molecule has 0 aliphatic heterocycles. The van der Waals surface area contributed by atoms with E-state index in [-0.39, 0.29) is 6.04 Å². The van der Waals surface area contributed by atoms with Gasteiger partial charge >= 0.3 is 0 Å². The zero-order valence-corrected chi connectivity index (χ0v) is 11.3. The van der Waals surface area contributed by atoms with Crippen LogP contribution in [0.4, 0.5) is 0 Å². The molecule has 0 aliphatic carbocycles. The van der Waals surface area contributed by atoms with Crippen LogP contribution in [0.15, 0.2) is 6.20 Å². The van der Waals surface area contributed by atoms with Crippen LogP contribution in [0.1, 0.15) is 31.4 Å². The van der Waals surface area contributed by atoms with Crippen molar-refractivity contribution in [1.82, 2.24) is 9.55 Å². The van der Waals surface area contributed by atoms with Gasteiger partial charge < -0.3 is 16.0 Å². The van der Waals surface area contributed by atoms with Gasteiger partial charge in [-0.1, -0.05) is 0 Å². The van der Waals surface area contributed by atoms with Crippen molar-refractivity contribution < 1.29 is 13.0 Å². The first-order valence-electron chi connectivity index (χ1n) is 5.03. The number of nitrogens with two attached hydrogens (primary N) is 2. The Hall–Kier alpha value is -0.960. The number of hydrogen-bond acceptors (Lipinski definition) is 5. The maximum atomic E-state index is 9.76. The van der Waals surface area contributed by atoms with E-state index in [0.717, 1.165) is 11.5 Å². The van der Waals surface area contributed by atoms with E-state index in [4.69, 9.17) is 16.0 Å². The second-order valence-electron chi connectivity index (χ2n) is 3.80. The minimum atomic E-state index is -3.96. The maximum absolute atomic E-state index is 9.76. The third-order valence-electron chi connectivity index (χ3n) is 2.19. The highest BCUT2D eigenvalue weighted by atomic mass is 32.2. The van der Waals surface area contributed by atoms with Crippen LogP contribution in [0.25, 0.3) is 0 Å². The Morgan fingerprint density at radius 2 is 1.82 bits per heavy atom. The first-order chi connectivity index (χ1) is 7.57. The molecule has 5 N–H and O–H groups in total. The summed E-state index contributed by atoms with van der Waals surface area (Å²) in [5, 5.41) is -1.17. The van der Waals surface area contributed by atoms with E-state index in [1.807, 2.05) is 31.7 Å². The average molecular weight is 264 g/mol. The van der Waals surface area contributed by atoms with E-state index in [2.05, 4.69) is 4.98 Å². The second kappa shape index (κ2) is 6.10. The summed E-state index contributed by atoms with van der Waals surface area (Å²) in [4.78, 5) is 4.12. The number of aryl methyl sites for hydroxylation is 1. The Balaban J connectivity index is 0.000000325. The molecule has 1 aromatic heterocycles. The van der Waals surface area contributed by atoms with E-state index < -0.39 is 15.5 Å². The normalized spacial score (nSPS) is 14.8. The van der Waals surface area contributed by atoms with E-state index in [1.165, 1.54) is 6.92 Å². The molecule has 0 radical (unpaired) electrons. The summed E-state index contributed by atoms with van der Waals surface area (Å²) in [6.45, 7) is 5.11. The number of rotatable bonds is 2. The fourth-order valence-corrected chi connectivity index (χ4v) is 0.943. The summed E-state index contributed by atoms with van der Waals surface area (Å²) < 4.78 is 29.5. The molecule has 1 heterocycles. The molecule has 17 heavy (non-hydrogen) atoms. The Morgan fingerprint density at radius 3 is 1.94 bits per heavy atom. The lowest BCUT2D eigenvalue weighted by atomic mass is 10.3. The van der Waals surface area contributed by atoms with E-state index in [1.54, 1.807) is 0 Å². The lowest BCUT2D eigenvalue weighted by molar-refractivity contribution is 0.471. The lowest BCUT2D eigenvalue weighted by Crippen LogP contribution is -2.25. The Morgan fingerprint density at radius 1 is 1.41 bits per heavy atom. The molecule has 7 nitrogen and oxygen atoms in total. The third-order valence-corrected chi connectivity index (χ3v) is 3.13. The zero-order chi connectivity index (χ0) is 13.8. The topological polar surface area (TPSA) is 124 Å². The molecule has 0 bridgehead atoms. The van der Waals surface area contributed by atoms with Gasteiger partial charge in [0, 0.05) is 13.1 Å². The van der Waals surface area contributed by atoms with E-state index in [0.29, 0.717) is 0 Å². The summed E-state index contributed by atoms with van der Waals surface area (Å²) in [7, 11) is -1.99. The van der Waals surface area contributed by atoms with Gasteiger partial charge in [-0.05, 0) is 20.8 Å². The molecule has 0 spiro atoms. The Kier molecular flexibility index (Phi) is 5.76. The molecule has 0 saturated heterocycles. The Labute approximate surface area is 102 Å². The van der Waals surface area contributed by atoms with Crippen LogP contribution in [0, 0.1) is 6.92 Å². The molecule has 1 aromatic rings. The third kappa shape index (κ3) is 5.26. The first kappa shape index (κ1) is 16.0. The first-order valence-corrected chi connectivity index (χ1v) is 6.53. The van der Waals surface area contributed by atoms with Crippen LogP contribution in [-0.4, -0.2) is 27.9 Å². The fourth-order valence-electron chi connectivity index (χ4n) is 0.943. The molecule has 0 amide bonds. The van der Waals surface area contributed by atoms with Crippen LogP contribution < -0.4 is 11.5 Å². The van der Waals surface area contributed by atoms with Gasteiger partial charge in [-0.25, -0.2) is 4.98 Å². The molecular weight excluding hydrogens is 244 g/mol. The maximum Gasteiger partial charge on any atom is 0.280 e. The molecule has 1 rings (SSSR count). The molecule has 100 valence electrons. The number of nitrogens with zero attached hydrogens (tertiary/aromatic N) is 2. The minimum absolute atomic E-state index is 0.0752. The molecule has 8 heteroatoms. The van der Waals surface area contributed by atoms with Crippen molar-refractivity contribution in [1.29, 1.82) is 0 Å². The van der Waals surface area contributed by atoms with Crippen LogP contribution >= 0.6 is 0 Å². The van der Waals surface area contributed by atoms with Crippen molar-refractivity contribution in [3.8, 4) is 0 Å². The van der Waals surface area contributed by atoms with Crippen LogP contribution in [-0.2, 0) is 17.2 Å². The van der Waals surface area contributed by atoms with Crippen LogP contribution in [0.5, 0.6) is 0 Å². The molecule has 0 saturated carbocycles. The molecule has 2 atom stereocenters. The van der Waals surface area contributed by atoms with Crippen molar-refractivity contribution in [2.45, 2.75) is 32.2 Å². The van der Waals surface area contributed by atoms with Gasteiger partial charge in [0.1, 0.15) is 11.2 Å². The quantitative estimate of drug-likeness (QED) is 0.642. The molecule has 0 fully saturated rings. The van der Waals surface area contributed by atoms with Gasteiger partial charge in [-0.2, -0.15) is 8.42 Å². The van der Waals surface area contributed by atoms with Gasteiger partial charge in [0.25, 0.3) is 10.1 Å². The summed E-state index contributed by atoms with van der Waals surface area (Å²) in [5.41, 5.74) is 11.5. The van der Waals surface area contributed by atoms with E-state index in [9.17, 15) is 8.42 Å². The molecular formula is C9H20N4O3S. The number of aromatic nitrogens is 2. The van der Waals surface area contributed by atoms with Gasteiger partial charge in [-0.15, -0.1) is 0 Å². The zero-order valence-electron chi connectivity index (χ0n) is 10.5. The number of hydrogen-bond donors (Lipinski definition) is 3. The van der Waals surface area contributed by atoms with Crippen molar-refractivity contribution in [2.24, 2.45) is 18.5 Å². The second-order valence-corrected chi connectivity index (χ2v) is 5.57. The van der Waals surface area contributed by atoms with Gasteiger partial charge in [0.2, 0.25) is 0 Å². The average Bonchev–Trinajstić information content (AvgIpc) is 2.46. The highest BCUT2D eigenvalue weighted by molar-refractivity contribution is 7.86. The van der Waals surface area contributed by atoms with Crippen molar-refractivity contribution in [3.05, 3.63) is 17.7 Å². The minimum Gasteiger partial charge on any atom is -0.334 e. The fraction of sp³-hybridized carbons (Fsp3) is 0.667. The molecule has 0 aromatic carbocycles. The van der Waals surface area contributed by atoms with Crippen molar-refractivity contribution in [3.63, 3.8) is 0 Å². The predicted octanol–water partition coefficient (Wildman–Crippen LogP) is -0.0729. The summed E-state index contributed by atoms with van der Waals surface area (Å²) in [5.74, 6) is 1.01. The highest BCUT2D eigenvalue weighted by Gasteiger charge is 2.09. The smallest absolute Gasteiger partial charge is 0.280 e.